The predicted molar refractivity (Wildman–Crippen MR) is 111 cm³/mol. The molecule has 2 aliphatic carbocycles. The number of aromatic nitrogens is 2. The molecule has 0 radical (unpaired) electrons. The van der Waals surface area contributed by atoms with E-state index in [1.54, 1.807) is 6.92 Å². The molecule has 1 aromatic carbocycles. The fraction of sp³-hybridized carbons (Fsp3) is 0.500. The van der Waals surface area contributed by atoms with Gasteiger partial charge in [-0.25, -0.2) is 18.8 Å². The lowest BCUT2D eigenvalue weighted by Crippen LogP contribution is -2.41. The minimum absolute atomic E-state index is 0.00962. The summed E-state index contributed by atoms with van der Waals surface area (Å²) in [6.45, 7) is 1.80. The Kier molecular flexibility index (Phi) is 4.42. The highest BCUT2D eigenvalue weighted by Gasteiger charge is 2.33. The molecule has 2 heterocycles. The Hall–Kier alpha value is -2.43. The van der Waals surface area contributed by atoms with E-state index >= 15 is 0 Å². The largest absolute Gasteiger partial charge is 0.474 e. The fourth-order valence-electron chi connectivity index (χ4n) is 4.68. The predicted octanol–water partition coefficient (Wildman–Crippen LogP) is 1.94. The number of hydrogen-bond donors (Lipinski definition) is 3. The highest BCUT2D eigenvalue weighted by Crippen LogP contribution is 2.38. The van der Waals surface area contributed by atoms with Crippen molar-refractivity contribution in [3.63, 3.8) is 0 Å². The number of aryl methyl sites for hydroxylation is 2. The quantitative estimate of drug-likeness (QED) is 0.668. The summed E-state index contributed by atoms with van der Waals surface area (Å²) in [7, 11) is -3.57. The zero-order chi connectivity index (χ0) is 21.1. The lowest BCUT2D eigenvalue weighted by molar-refractivity contribution is -0.0325. The number of urea groups is 1. The summed E-state index contributed by atoms with van der Waals surface area (Å²) in [5.74, 6) is 0.173. The van der Waals surface area contributed by atoms with E-state index in [4.69, 9.17) is 9.88 Å². The molecule has 3 aliphatic rings. The van der Waals surface area contributed by atoms with Crippen molar-refractivity contribution in [1.29, 1.82) is 0 Å². The highest BCUT2D eigenvalue weighted by atomic mass is 32.2. The average Bonchev–Trinajstić information content (AvgIpc) is 3.38. The van der Waals surface area contributed by atoms with Crippen LogP contribution < -0.4 is 15.2 Å². The third-order valence-corrected chi connectivity index (χ3v) is 7.36. The summed E-state index contributed by atoms with van der Waals surface area (Å²) in [6.07, 6.45) is 7.28. The molecular weight excluding hydrogens is 406 g/mol. The summed E-state index contributed by atoms with van der Waals surface area (Å²) in [5.41, 5.74) is 4.63. The Bertz CT molecular complexity index is 1140. The van der Waals surface area contributed by atoms with Crippen LogP contribution in [0.4, 0.5) is 10.5 Å². The number of ether oxygens (including phenoxy) is 1. The maximum atomic E-state index is 13.1. The zero-order valence-corrected chi connectivity index (χ0v) is 17.6. The van der Waals surface area contributed by atoms with Crippen molar-refractivity contribution in [2.24, 2.45) is 9.50 Å². The van der Waals surface area contributed by atoms with Crippen LogP contribution in [0.3, 0.4) is 0 Å². The van der Waals surface area contributed by atoms with Gasteiger partial charge in [0.1, 0.15) is 17.1 Å². The van der Waals surface area contributed by atoms with Crippen LogP contribution in [-0.4, -0.2) is 37.3 Å². The molecule has 0 bridgehead atoms. The van der Waals surface area contributed by atoms with E-state index in [9.17, 15) is 14.1 Å². The first-order valence-corrected chi connectivity index (χ1v) is 11.7. The van der Waals surface area contributed by atoms with Gasteiger partial charge in [-0.1, -0.05) is 6.07 Å². The first-order valence-electron chi connectivity index (χ1n) is 10.2. The van der Waals surface area contributed by atoms with Crippen molar-refractivity contribution in [2.45, 2.75) is 62.5 Å². The van der Waals surface area contributed by atoms with E-state index in [0.717, 1.165) is 55.3 Å². The molecule has 5 rings (SSSR count). The second-order valence-electron chi connectivity index (χ2n) is 8.58. The van der Waals surface area contributed by atoms with Gasteiger partial charge in [-0.05, 0) is 67.7 Å². The Morgan fingerprint density at radius 2 is 1.97 bits per heavy atom. The van der Waals surface area contributed by atoms with Gasteiger partial charge in [0.05, 0.1) is 12.7 Å². The summed E-state index contributed by atoms with van der Waals surface area (Å²) in [4.78, 5) is 12.8. The van der Waals surface area contributed by atoms with Gasteiger partial charge in [0.2, 0.25) is 5.88 Å². The second kappa shape index (κ2) is 6.79. The molecule has 2 aromatic rings. The number of rotatable bonds is 2. The van der Waals surface area contributed by atoms with Crippen LogP contribution >= 0.6 is 0 Å². The summed E-state index contributed by atoms with van der Waals surface area (Å²) >= 11 is 0. The molecule has 30 heavy (non-hydrogen) atoms. The molecule has 160 valence electrons. The van der Waals surface area contributed by atoms with Gasteiger partial charge in [0.15, 0.2) is 9.92 Å². The van der Waals surface area contributed by atoms with Gasteiger partial charge in [0.25, 0.3) is 0 Å². The van der Waals surface area contributed by atoms with Crippen molar-refractivity contribution < 1.29 is 18.8 Å². The van der Waals surface area contributed by atoms with E-state index in [1.807, 2.05) is 0 Å². The number of carbonyl (C=O) groups is 1. The first-order chi connectivity index (χ1) is 14.2. The van der Waals surface area contributed by atoms with Crippen LogP contribution in [0, 0.1) is 0 Å². The number of anilines is 1. The van der Waals surface area contributed by atoms with Crippen molar-refractivity contribution in [3.05, 3.63) is 34.5 Å². The maximum absolute atomic E-state index is 13.1. The van der Waals surface area contributed by atoms with Gasteiger partial charge < -0.3 is 15.2 Å². The van der Waals surface area contributed by atoms with Crippen LogP contribution in [0.1, 0.15) is 42.0 Å². The Balaban J connectivity index is 1.47. The smallest absolute Gasteiger partial charge is 0.354 e. The van der Waals surface area contributed by atoms with Gasteiger partial charge in [-0.15, -0.1) is 4.36 Å². The van der Waals surface area contributed by atoms with Crippen LogP contribution in [-0.2, 0) is 42.1 Å². The molecule has 2 atom stereocenters. The Morgan fingerprint density at radius 1 is 1.30 bits per heavy atom. The average molecular weight is 432 g/mol. The highest BCUT2D eigenvalue weighted by molar-refractivity contribution is 7.91. The monoisotopic (exact) mass is 431 g/mol. The van der Waals surface area contributed by atoms with Crippen LogP contribution in [0.5, 0.6) is 5.88 Å². The maximum Gasteiger partial charge on any atom is 0.354 e. The van der Waals surface area contributed by atoms with Crippen LogP contribution in [0.25, 0.3) is 0 Å². The molecule has 9 nitrogen and oxygen atoms in total. The van der Waals surface area contributed by atoms with E-state index in [-0.39, 0.29) is 23.9 Å². The molecule has 0 fully saturated rings. The molecule has 0 unspecified atom stereocenters. The van der Waals surface area contributed by atoms with Crippen molar-refractivity contribution in [1.82, 2.24) is 9.78 Å². The van der Waals surface area contributed by atoms with Crippen molar-refractivity contribution >= 4 is 21.6 Å². The number of fused-ring (bicyclic) bond motifs is 3. The standard InChI is InChI=1S/C20H25N5O4S/c1-20(27)10-25-18(29-11-20)16(9-22-25)30(21,28)24-19(26)23-17-14-6-2-4-12(14)8-13-5-3-7-15(13)17/h8-9,27H,2-7,10-11H2,1H3,(H3,21,23,24,26,28)/t20-,30-/m1/s1. The first kappa shape index (κ1) is 19.5. The normalized spacial score (nSPS) is 23.7. The van der Waals surface area contributed by atoms with Gasteiger partial charge in [-0.3, -0.25) is 0 Å². The third-order valence-electron chi connectivity index (χ3n) is 6.01. The number of amides is 2. The topological polar surface area (TPSA) is 132 Å². The van der Waals surface area contributed by atoms with E-state index in [1.165, 1.54) is 22.0 Å². The van der Waals surface area contributed by atoms with Crippen LogP contribution in [0.2, 0.25) is 0 Å². The fourth-order valence-corrected chi connectivity index (χ4v) is 5.68. The minimum atomic E-state index is -3.57. The van der Waals surface area contributed by atoms with E-state index in [2.05, 4.69) is 20.8 Å². The number of nitrogens with zero attached hydrogens (tertiary/aromatic N) is 3. The molecule has 2 amide bonds. The SMILES string of the molecule is C[C@]1(O)COc2c([S@](N)(=O)=NC(=O)Nc3c4c(cc5c3CCC5)CCC4)cnn2C1. The molecule has 0 saturated carbocycles. The number of hydrogen-bond acceptors (Lipinski definition) is 5. The van der Waals surface area contributed by atoms with Gasteiger partial charge in [-0.2, -0.15) is 5.10 Å². The Morgan fingerprint density at radius 3 is 2.63 bits per heavy atom. The minimum Gasteiger partial charge on any atom is -0.474 e. The Labute approximate surface area is 174 Å². The van der Waals surface area contributed by atoms with Gasteiger partial charge in [0, 0.05) is 5.69 Å². The molecular formula is C20H25N5O4S. The molecule has 0 saturated heterocycles. The lowest BCUT2D eigenvalue weighted by atomic mass is 9.99. The number of nitrogens with one attached hydrogen (secondary N) is 1. The lowest BCUT2D eigenvalue weighted by Gasteiger charge is -2.29. The van der Waals surface area contributed by atoms with Crippen molar-refractivity contribution in [3.8, 4) is 5.88 Å². The molecule has 0 spiro atoms. The van der Waals surface area contributed by atoms with Crippen LogP contribution in [0.15, 0.2) is 21.5 Å². The number of benzene rings is 1. The van der Waals surface area contributed by atoms with E-state index in [0.29, 0.717) is 0 Å². The number of nitrogens with two attached hydrogens (primary N) is 1. The van der Waals surface area contributed by atoms with Gasteiger partial charge >= 0.3 is 6.03 Å². The summed E-state index contributed by atoms with van der Waals surface area (Å²) in [6, 6.07) is 1.54. The summed E-state index contributed by atoms with van der Waals surface area (Å²) in [5, 5.41) is 23.0. The number of aliphatic hydroxyl groups is 1. The molecule has 4 N–H and O–H groups in total. The summed E-state index contributed by atoms with van der Waals surface area (Å²) < 4.78 is 23.8. The third kappa shape index (κ3) is 3.28. The van der Waals surface area contributed by atoms with Crippen molar-refractivity contribution in [2.75, 3.05) is 11.9 Å². The molecule has 1 aromatic heterocycles. The molecule has 1 aliphatic heterocycles. The second-order valence-corrected chi connectivity index (χ2v) is 10.3. The molecule has 10 heteroatoms. The number of carbonyl (C=O) groups excluding carboxylic acids is 1. The van der Waals surface area contributed by atoms with E-state index < -0.39 is 21.5 Å². The zero-order valence-electron chi connectivity index (χ0n) is 16.8.